The van der Waals surface area contributed by atoms with Gasteiger partial charge in [-0.3, -0.25) is 0 Å². The average Bonchev–Trinajstić information content (AvgIpc) is 3.94. The van der Waals surface area contributed by atoms with Crippen LogP contribution < -0.4 is 0 Å². The van der Waals surface area contributed by atoms with Gasteiger partial charge in [0, 0.05) is 54.7 Å². The molecule has 0 aliphatic rings. The van der Waals surface area contributed by atoms with E-state index in [0.29, 0.717) is 17.5 Å². The van der Waals surface area contributed by atoms with Gasteiger partial charge in [-0.2, -0.15) is 0 Å². The van der Waals surface area contributed by atoms with Crippen LogP contribution in [0.3, 0.4) is 0 Å². The predicted octanol–water partition coefficient (Wildman–Crippen LogP) is 12.9. The Hall–Kier alpha value is -7.57. The molecule has 6 heteroatoms. The van der Waals surface area contributed by atoms with E-state index in [4.69, 9.17) is 23.8 Å². The maximum absolute atomic E-state index is 6.74. The van der Waals surface area contributed by atoms with E-state index in [9.17, 15) is 0 Å². The van der Waals surface area contributed by atoms with Crippen LogP contribution in [0.5, 0.6) is 0 Å². The minimum atomic E-state index is 0.566. The first-order chi connectivity index (χ1) is 27.3. The van der Waals surface area contributed by atoms with E-state index >= 15 is 0 Å². The third-order valence-corrected chi connectivity index (χ3v) is 10.8. The summed E-state index contributed by atoms with van der Waals surface area (Å²) in [5.74, 6) is 1.76. The summed E-state index contributed by atoms with van der Waals surface area (Å²) in [6, 6.07) is 58.4. The highest BCUT2D eigenvalue weighted by atomic mass is 16.3. The van der Waals surface area contributed by atoms with Gasteiger partial charge in [-0.1, -0.05) is 115 Å². The quantitative estimate of drug-likeness (QED) is 0.182. The second-order valence-corrected chi connectivity index (χ2v) is 14.0. The van der Waals surface area contributed by atoms with Crippen molar-refractivity contribution in [1.82, 2.24) is 19.5 Å². The summed E-state index contributed by atoms with van der Waals surface area (Å²) in [5, 5.41) is 8.75. The van der Waals surface area contributed by atoms with Crippen LogP contribution in [0, 0.1) is 0 Å². The van der Waals surface area contributed by atoms with E-state index < -0.39 is 0 Å². The fraction of sp³-hybridized carbons (Fsp3) is 0. The van der Waals surface area contributed by atoms with Gasteiger partial charge in [-0.05, 0) is 60.0 Å². The van der Waals surface area contributed by atoms with Crippen LogP contribution in [0.15, 0.2) is 179 Å². The highest BCUT2D eigenvalue weighted by Gasteiger charge is 2.22. The number of aromatic nitrogens is 4. The molecule has 0 atom stereocenters. The van der Waals surface area contributed by atoms with Gasteiger partial charge in [-0.25, -0.2) is 15.0 Å². The van der Waals surface area contributed by atoms with E-state index in [1.165, 1.54) is 21.8 Å². The first kappa shape index (κ1) is 29.9. The number of rotatable bonds is 4. The first-order valence-electron chi connectivity index (χ1n) is 18.4. The van der Waals surface area contributed by atoms with Crippen molar-refractivity contribution >= 4 is 76.5 Å². The molecular weight excluding hydrogens is 677 g/mol. The summed E-state index contributed by atoms with van der Waals surface area (Å²) in [6.07, 6.45) is 0. The molecule has 0 saturated heterocycles. The van der Waals surface area contributed by atoms with Crippen LogP contribution in [0.4, 0.5) is 0 Å². The Kier molecular flexibility index (Phi) is 6.24. The number of furan rings is 2. The Balaban J connectivity index is 1.03. The number of nitrogens with zero attached hydrogens (tertiary/aromatic N) is 4. The minimum absolute atomic E-state index is 0.566. The fourth-order valence-corrected chi connectivity index (χ4v) is 8.35. The molecule has 12 rings (SSSR count). The van der Waals surface area contributed by atoms with E-state index in [1.807, 2.05) is 48.5 Å². The molecule has 0 amide bonds. The second kappa shape index (κ2) is 11.5. The summed E-state index contributed by atoms with van der Waals surface area (Å²) in [4.78, 5) is 15.1. The molecule has 4 heterocycles. The Morgan fingerprint density at radius 1 is 0.345 bits per heavy atom. The molecule has 6 nitrogen and oxygen atoms in total. The zero-order chi connectivity index (χ0) is 36.0. The van der Waals surface area contributed by atoms with Crippen molar-refractivity contribution in [3.05, 3.63) is 170 Å². The van der Waals surface area contributed by atoms with Gasteiger partial charge < -0.3 is 13.4 Å². The van der Waals surface area contributed by atoms with Gasteiger partial charge in [0.15, 0.2) is 17.5 Å². The molecular formula is C49H28N4O2. The molecule has 8 aromatic carbocycles. The van der Waals surface area contributed by atoms with Crippen molar-refractivity contribution in [2.24, 2.45) is 0 Å². The van der Waals surface area contributed by atoms with Crippen molar-refractivity contribution in [2.75, 3.05) is 0 Å². The van der Waals surface area contributed by atoms with Crippen molar-refractivity contribution in [1.29, 1.82) is 0 Å². The predicted molar refractivity (Wildman–Crippen MR) is 223 cm³/mol. The largest absolute Gasteiger partial charge is 0.455 e. The van der Waals surface area contributed by atoms with Crippen LogP contribution in [0.2, 0.25) is 0 Å². The fourth-order valence-electron chi connectivity index (χ4n) is 8.35. The van der Waals surface area contributed by atoms with E-state index in [1.54, 1.807) is 0 Å². The molecule has 0 N–H and O–H groups in total. The van der Waals surface area contributed by atoms with Crippen LogP contribution in [-0.4, -0.2) is 19.5 Å². The Morgan fingerprint density at radius 3 is 1.56 bits per heavy atom. The molecule has 12 aromatic rings. The van der Waals surface area contributed by atoms with E-state index in [0.717, 1.165) is 77.0 Å². The number of benzene rings is 8. The lowest BCUT2D eigenvalue weighted by Gasteiger charge is -2.11. The topological polar surface area (TPSA) is 69.9 Å². The smallest absolute Gasteiger partial charge is 0.164 e. The van der Waals surface area contributed by atoms with Gasteiger partial charge in [0.2, 0.25) is 0 Å². The van der Waals surface area contributed by atoms with Crippen molar-refractivity contribution in [3.63, 3.8) is 0 Å². The van der Waals surface area contributed by atoms with Crippen LogP contribution in [0.25, 0.3) is 116 Å². The van der Waals surface area contributed by atoms with E-state index in [2.05, 4.69) is 126 Å². The highest BCUT2D eigenvalue weighted by Crippen LogP contribution is 2.45. The monoisotopic (exact) mass is 704 g/mol. The first-order valence-corrected chi connectivity index (χ1v) is 18.4. The zero-order valence-electron chi connectivity index (χ0n) is 29.3. The number of fused-ring (bicyclic) bond motifs is 13. The Bertz CT molecular complexity index is 3430. The maximum atomic E-state index is 6.74. The molecule has 256 valence electrons. The number of hydrogen-bond donors (Lipinski definition) is 0. The third-order valence-electron chi connectivity index (χ3n) is 10.8. The summed E-state index contributed by atoms with van der Waals surface area (Å²) >= 11 is 0. The molecule has 0 bridgehead atoms. The lowest BCUT2D eigenvalue weighted by atomic mass is 9.99. The Labute approximate surface area is 313 Å². The van der Waals surface area contributed by atoms with Crippen molar-refractivity contribution in [2.45, 2.75) is 0 Å². The molecule has 55 heavy (non-hydrogen) atoms. The lowest BCUT2D eigenvalue weighted by molar-refractivity contribution is 0.665. The van der Waals surface area contributed by atoms with Gasteiger partial charge in [0.1, 0.15) is 22.3 Å². The van der Waals surface area contributed by atoms with Gasteiger partial charge in [0.25, 0.3) is 0 Å². The molecule has 0 spiro atoms. The van der Waals surface area contributed by atoms with Crippen LogP contribution >= 0.6 is 0 Å². The second-order valence-electron chi connectivity index (χ2n) is 14.0. The van der Waals surface area contributed by atoms with Gasteiger partial charge >= 0.3 is 0 Å². The maximum Gasteiger partial charge on any atom is 0.164 e. The molecule has 0 radical (unpaired) electrons. The highest BCUT2D eigenvalue weighted by molar-refractivity contribution is 6.33. The third kappa shape index (κ3) is 4.46. The lowest BCUT2D eigenvalue weighted by Crippen LogP contribution is -2.00. The normalized spacial score (nSPS) is 12.0. The molecule has 4 aromatic heterocycles. The molecule has 0 saturated carbocycles. The SMILES string of the molecule is c1ccc(-c2nc(-c3ccc(-n4c5ccccc5c5ccccc54)cc3)nc(-c3ccc4c(c3)oc3c5ccccc5c5c6ccccc6oc5c43)n2)cc1. The molecule has 0 fully saturated rings. The standard InChI is InChI=1S/C49H28N4O2/c1-2-12-29(13-3-1)47-50-48(30-22-25-32(26-23-30)53-39-19-9-6-14-33(39)34-15-7-10-20-40(34)53)52-49(51-47)31-24-27-38-42(28-31)55-45-36-17-5-4-16-35(36)43-37-18-8-11-21-41(37)54-46(43)44(38)45/h1-28H. The molecule has 0 aliphatic heterocycles. The Morgan fingerprint density at radius 2 is 0.855 bits per heavy atom. The van der Waals surface area contributed by atoms with Crippen molar-refractivity contribution in [3.8, 4) is 39.9 Å². The average molecular weight is 705 g/mol. The van der Waals surface area contributed by atoms with E-state index in [-0.39, 0.29) is 0 Å². The van der Waals surface area contributed by atoms with Gasteiger partial charge in [0.05, 0.1) is 16.4 Å². The summed E-state index contributed by atoms with van der Waals surface area (Å²) < 4.78 is 15.6. The van der Waals surface area contributed by atoms with Crippen LogP contribution in [-0.2, 0) is 0 Å². The van der Waals surface area contributed by atoms with Gasteiger partial charge in [-0.15, -0.1) is 0 Å². The van der Waals surface area contributed by atoms with Crippen molar-refractivity contribution < 1.29 is 8.83 Å². The zero-order valence-corrected chi connectivity index (χ0v) is 29.3. The molecule has 0 aliphatic carbocycles. The number of para-hydroxylation sites is 3. The van der Waals surface area contributed by atoms with Crippen LogP contribution in [0.1, 0.15) is 0 Å². The molecule has 0 unspecified atom stereocenters. The number of hydrogen-bond acceptors (Lipinski definition) is 5. The summed E-state index contributed by atoms with van der Waals surface area (Å²) in [6.45, 7) is 0. The summed E-state index contributed by atoms with van der Waals surface area (Å²) in [5.41, 5.74) is 9.28. The minimum Gasteiger partial charge on any atom is -0.455 e. The summed E-state index contributed by atoms with van der Waals surface area (Å²) in [7, 11) is 0.